The summed E-state index contributed by atoms with van der Waals surface area (Å²) in [7, 11) is 0. The maximum atomic E-state index is 6.19. The Labute approximate surface area is 146 Å². The Morgan fingerprint density at radius 2 is 1.86 bits per heavy atom. The standard InChI is InChI=1S/C16H11BrCl2N2O/c17-10-1-4-12(5-2-10)22-9-16-20-8-15(21-16)13-6-3-11(18)7-14(13)19/h1-8H,9H2,(H,20,21). The molecule has 22 heavy (non-hydrogen) atoms. The van der Waals surface area contributed by atoms with Crippen LogP contribution in [-0.4, -0.2) is 9.97 Å². The number of nitrogens with one attached hydrogen (secondary N) is 1. The zero-order valence-electron chi connectivity index (χ0n) is 11.3. The van der Waals surface area contributed by atoms with Crippen molar-refractivity contribution < 1.29 is 4.74 Å². The van der Waals surface area contributed by atoms with Gasteiger partial charge in [-0.25, -0.2) is 4.98 Å². The van der Waals surface area contributed by atoms with Crippen molar-refractivity contribution in [1.29, 1.82) is 0 Å². The SMILES string of the molecule is Clc1ccc(-c2cnc(COc3ccc(Br)cc3)[nH]2)c(Cl)c1. The van der Waals surface area contributed by atoms with Crippen LogP contribution in [0.4, 0.5) is 0 Å². The van der Waals surface area contributed by atoms with E-state index in [0.717, 1.165) is 27.3 Å². The Morgan fingerprint density at radius 3 is 2.59 bits per heavy atom. The fourth-order valence-corrected chi connectivity index (χ4v) is 2.74. The number of ether oxygens (including phenoxy) is 1. The highest BCUT2D eigenvalue weighted by Gasteiger charge is 2.08. The van der Waals surface area contributed by atoms with Crippen molar-refractivity contribution in [2.45, 2.75) is 6.61 Å². The molecule has 0 radical (unpaired) electrons. The number of rotatable bonds is 4. The number of aromatic amines is 1. The Kier molecular flexibility index (Phi) is 4.71. The van der Waals surface area contributed by atoms with Crippen LogP contribution in [0.2, 0.25) is 10.0 Å². The Morgan fingerprint density at radius 1 is 1.09 bits per heavy atom. The Hall–Kier alpha value is -1.49. The van der Waals surface area contributed by atoms with Crippen LogP contribution >= 0.6 is 39.1 Å². The zero-order chi connectivity index (χ0) is 15.5. The molecule has 0 bridgehead atoms. The third kappa shape index (κ3) is 3.64. The predicted octanol–water partition coefficient (Wildman–Crippen LogP) is 5.73. The number of imidazole rings is 1. The first-order valence-electron chi connectivity index (χ1n) is 6.49. The fourth-order valence-electron chi connectivity index (χ4n) is 1.96. The molecule has 3 aromatic rings. The maximum Gasteiger partial charge on any atom is 0.146 e. The van der Waals surface area contributed by atoms with E-state index in [1.54, 1.807) is 18.3 Å². The molecule has 0 atom stereocenters. The van der Waals surface area contributed by atoms with Crippen LogP contribution in [0.3, 0.4) is 0 Å². The van der Waals surface area contributed by atoms with Crippen molar-refractivity contribution in [3.63, 3.8) is 0 Å². The number of hydrogen-bond donors (Lipinski definition) is 1. The summed E-state index contributed by atoms with van der Waals surface area (Å²) in [5.41, 5.74) is 1.68. The minimum Gasteiger partial charge on any atom is -0.486 e. The monoisotopic (exact) mass is 396 g/mol. The molecular weight excluding hydrogens is 387 g/mol. The first kappa shape index (κ1) is 15.4. The molecule has 0 fully saturated rings. The van der Waals surface area contributed by atoms with Gasteiger partial charge < -0.3 is 9.72 Å². The molecule has 1 N–H and O–H groups in total. The van der Waals surface area contributed by atoms with Crippen molar-refractivity contribution in [2.75, 3.05) is 0 Å². The molecule has 3 nitrogen and oxygen atoms in total. The average Bonchev–Trinajstić information content (AvgIpc) is 2.95. The van der Waals surface area contributed by atoms with E-state index in [2.05, 4.69) is 25.9 Å². The molecule has 112 valence electrons. The smallest absolute Gasteiger partial charge is 0.146 e. The summed E-state index contributed by atoms with van der Waals surface area (Å²) in [4.78, 5) is 7.51. The summed E-state index contributed by atoms with van der Waals surface area (Å²) in [6.07, 6.45) is 1.73. The number of hydrogen-bond acceptors (Lipinski definition) is 2. The van der Waals surface area contributed by atoms with E-state index in [1.165, 1.54) is 0 Å². The predicted molar refractivity (Wildman–Crippen MR) is 92.5 cm³/mol. The van der Waals surface area contributed by atoms with Gasteiger partial charge in [0.05, 0.1) is 16.9 Å². The van der Waals surface area contributed by atoms with E-state index in [-0.39, 0.29) is 0 Å². The van der Waals surface area contributed by atoms with E-state index in [0.29, 0.717) is 16.7 Å². The summed E-state index contributed by atoms with van der Waals surface area (Å²) >= 11 is 15.5. The van der Waals surface area contributed by atoms with Gasteiger partial charge in [-0.3, -0.25) is 0 Å². The minimum atomic E-state index is 0.354. The van der Waals surface area contributed by atoms with Gasteiger partial charge in [0.1, 0.15) is 18.2 Å². The van der Waals surface area contributed by atoms with E-state index < -0.39 is 0 Å². The van der Waals surface area contributed by atoms with Gasteiger partial charge in [0.2, 0.25) is 0 Å². The second-order valence-corrected chi connectivity index (χ2v) is 6.37. The zero-order valence-corrected chi connectivity index (χ0v) is 14.4. The maximum absolute atomic E-state index is 6.19. The first-order valence-corrected chi connectivity index (χ1v) is 8.04. The molecule has 0 unspecified atom stereocenters. The summed E-state index contributed by atoms with van der Waals surface area (Å²) in [6, 6.07) is 13.0. The van der Waals surface area contributed by atoms with Gasteiger partial charge in [-0.05, 0) is 42.5 Å². The topological polar surface area (TPSA) is 37.9 Å². The van der Waals surface area contributed by atoms with E-state index >= 15 is 0 Å². The largest absolute Gasteiger partial charge is 0.486 e. The van der Waals surface area contributed by atoms with Gasteiger partial charge in [0, 0.05) is 15.1 Å². The minimum absolute atomic E-state index is 0.354. The molecule has 6 heteroatoms. The summed E-state index contributed by atoms with van der Waals surface area (Å²) < 4.78 is 6.69. The molecule has 0 aliphatic carbocycles. The van der Waals surface area contributed by atoms with Crippen LogP contribution in [-0.2, 0) is 6.61 Å². The molecule has 1 aromatic heterocycles. The van der Waals surface area contributed by atoms with Gasteiger partial charge in [0.25, 0.3) is 0 Å². The second-order valence-electron chi connectivity index (χ2n) is 4.61. The summed E-state index contributed by atoms with van der Waals surface area (Å²) in [5.74, 6) is 1.51. The van der Waals surface area contributed by atoms with E-state index in [1.807, 2.05) is 30.3 Å². The highest BCUT2D eigenvalue weighted by Crippen LogP contribution is 2.29. The third-order valence-corrected chi connectivity index (χ3v) is 4.12. The normalized spacial score (nSPS) is 10.7. The van der Waals surface area contributed by atoms with Gasteiger partial charge in [-0.15, -0.1) is 0 Å². The van der Waals surface area contributed by atoms with Crippen LogP contribution in [0.1, 0.15) is 5.82 Å². The van der Waals surface area contributed by atoms with Crippen molar-refractivity contribution in [3.8, 4) is 17.0 Å². The lowest BCUT2D eigenvalue weighted by Gasteiger charge is -2.04. The quantitative estimate of drug-likeness (QED) is 0.610. The molecule has 1 heterocycles. The van der Waals surface area contributed by atoms with Crippen LogP contribution in [0.5, 0.6) is 5.75 Å². The number of nitrogens with zero attached hydrogens (tertiary/aromatic N) is 1. The van der Waals surface area contributed by atoms with Gasteiger partial charge >= 0.3 is 0 Å². The molecule has 3 rings (SSSR count). The van der Waals surface area contributed by atoms with E-state index in [9.17, 15) is 0 Å². The lowest BCUT2D eigenvalue weighted by atomic mass is 10.2. The van der Waals surface area contributed by atoms with Gasteiger partial charge in [-0.2, -0.15) is 0 Å². The molecule has 0 aliphatic rings. The van der Waals surface area contributed by atoms with Crippen LogP contribution < -0.4 is 4.74 Å². The van der Waals surface area contributed by atoms with Crippen molar-refractivity contribution in [2.24, 2.45) is 0 Å². The van der Waals surface area contributed by atoms with Crippen molar-refractivity contribution in [1.82, 2.24) is 9.97 Å². The van der Waals surface area contributed by atoms with Gasteiger partial charge in [0.15, 0.2) is 0 Å². The van der Waals surface area contributed by atoms with Crippen LogP contribution in [0.25, 0.3) is 11.3 Å². The van der Waals surface area contributed by atoms with E-state index in [4.69, 9.17) is 27.9 Å². The molecule has 0 aliphatic heterocycles. The van der Waals surface area contributed by atoms with Gasteiger partial charge in [-0.1, -0.05) is 39.1 Å². The number of aromatic nitrogens is 2. The van der Waals surface area contributed by atoms with Crippen molar-refractivity contribution in [3.05, 3.63) is 69.0 Å². The second kappa shape index (κ2) is 6.73. The molecular formula is C16H11BrCl2N2O. The lowest BCUT2D eigenvalue weighted by molar-refractivity contribution is 0.297. The fraction of sp³-hybridized carbons (Fsp3) is 0.0625. The Bertz CT molecular complexity index is 787. The lowest BCUT2D eigenvalue weighted by Crippen LogP contribution is -1.97. The number of H-pyrrole nitrogens is 1. The number of benzene rings is 2. The van der Waals surface area contributed by atoms with Crippen molar-refractivity contribution >= 4 is 39.1 Å². The van der Waals surface area contributed by atoms with Crippen LogP contribution in [0.15, 0.2) is 53.1 Å². The molecule has 0 saturated heterocycles. The summed E-state index contributed by atoms with van der Waals surface area (Å²) in [5, 5.41) is 1.18. The summed E-state index contributed by atoms with van der Waals surface area (Å²) in [6.45, 7) is 0.354. The van der Waals surface area contributed by atoms with Crippen LogP contribution in [0, 0.1) is 0 Å². The Balaban J connectivity index is 1.72. The highest BCUT2D eigenvalue weighted by molar-refractivity contribution is 9.10. The molecule has 0 spiro atoms. The average molecular weight is 398 g/mol. The third-order valence-electron chi connectivity index (χ3n) is 3.04. The molecule has 2 aromatic carbocycles. The highest BCUT2D eigenvalue weighted by atomic mass is 79.9. The molecule has 0 saturated carbocycles. The number of halogens is 3. The molecule has 0 amide bonds. The first-order chi connectivity index (χ1) is 10.6.